The molecule has 1 aliphatic rings. The monoisotopic (exact) mass is 1620 g/mol. The summed E-state index contributed by atoms with van der Waals surface area (Å²) < 4.78 is 4.75. The molecule has 2 aromatic heterocycles. The number of benzene rings is 19. The van der Waals surface area contributed by atoms with Crippen LogP contribution in [0.2, 0.25) is 5.02 Å². The molecule has 0 amide bonds. The van der Waals surface area contributed by atoms with Crippen LogP contribution in [0.5, 0.6) is 0 Å². The third-order valence-electron chi connectivity index (χ3n) is 23.5. The van der Waals surface area contributed by atoms with Gasteiger partial charge in [0, 0.05) is 89.7 Å². The minimum Gasteiger partial charge on any atom is -0.356 e. The zero-order chi connectivity index (χ0) is 83.6. The van der Waals surface area contributed by atoms with Gasteiger partial charge in [-0.1, -0.05) is 357 Å². The Hall–Kier alpha value is -16.2. The SMILES string of the molecule is Clc1ccc(-c2ccc(-c3ccccc3)c(C3=CC=C[C+]=C3)c2)cc1.c1ccc(-c2ccc(N(c3ccc(-c4cccc(-n5c6ccccc6c6ccccc65)c4)cc3)c3ccc(-c4ccc(-c5ccccc5)c(-c5ccccc5)c4)cc3)cc2)cc1.c1ccc(-c2ccc(Nc3ccc(-c4cccc(-n5c6ccccc6c6ccccc65)c4)cc3)cc2)cc1. The van der Waals surface area contributed by atoms with E-state index < -0.39 is 0 Å². The lowest BCUT2D eigenvalue weighted by molar-refractivity contribution is 1.18. The molecule has 4 nitrogen and oxygen atoms in total. The molecule has 19 aromatic carbocycles. The van der Waals surface area contributed by atoms with Crippen LogP contribution in [0.4, 0.5) is 28.4 Å². The normalized spacial score (nSPS) is 11.5. The highest BCUT2D eigenvalue weighted by Crippen LogP contribution is 2.43. The highest BCUT2D eigenvalue weighted by molar-refractivity contribution is 6.30. The second-order valence-corrected chi connectivity index (χ2v) is 31.7. The maximum atomic E-state index is 6.03. The molecule has 0 spiro atoms. The molecule has 0 radical (unpaired) electrons. The van der Waals surface area contributed by atoms with Crippen molar-refractivity contribution in [1.82, 2.24) is 9.13 Å². The number of fused-ring (bicyclic) bond motifs is 6. The molecule has 5 heteroatoms. The van der Waals surface area contributed by atoms with Crippen molar-refractivity contribution >= 4 is 89.2 Å². The van der Waals surface area contributed by atoms with Crippen molar-refractivity contribution in [3.63, 3.8) is 0 Å². The van der Waals surface area contributed by atoms with Crippen molar-refractivity contribution in [2.45, 2.75) is 0 Å². The van der Waals surface area contributed by atoms with Crippen LogP contribution in [-0.4, -0.2) is 9.13 Å². The van der Waals surface area contributed by atoms with Crippen LogP contribution in [0.15, 0.2) is 504 Å². The van der Waals surface area contributed by atoms with Crippen LogP contribution in [0, 0.1) is 6.08 Å². The molecular weight excluding hydrogens is 1530 g/mol. The minimum absolute atomic E-state index is 0.752. The van der Waals surface area contributed by atoms with E-state index in [0.717, 1.165) is 50.3 Å². The van der Waals surface area contributed by atoms with Crippen LogP contribution in [0.3, 0.4) is 0 Å². The largest absolute Gasteiger partial charge is 0.356 e. The van der Waals surface area contributed by atoms with Gasteiger partial charge in [-0.3, -0.25) is 0 Å². The molecule has 0 bridgehead atoms. The molecule has 0 saturated carbocycles. The molecule has 2 heterocycles. The first-order valence-electron chi connectivity index (χ1n) is 42.4. The molecule has 125 heavy (non-hydrogen) atoms. The smallest absolute Gasteiger partial charge is 0.111 e. The number of para-hydroxylation sites is 4. The van der Waals surface area contributed by atoms with Gasteiger partial charge in [0.15, 0.2) is 0 Å². The van der Waals surface area contributed by atoms with E-state index >= 15 is 0 Å². The van der Waals surface area contributed by atoms with Crippen LogP contribution in [0.1, 0.15) is 5.56 Å². The van der Waals surface area contributed by atoms with Gasteiger partial charge >= 0.3 is 0 Å². The summed E-state index contributed by atoms with van der Waals surface area (Å²) in [6, 6.07) is 171. The fourth-order valence-electron chi connectivity index (χ4n) is 17.3. The predicted molar refractivity (Wildman–Crippen MR) is 531 cm³/mol. The highest BCUT2D eigenvalue weighted by Gasteiger charge is 2.21. The van der Waals surface area contributed by atoms with Crippen molar-refractivity contribution in [3.8, 4) is 112 Å². The third kappa shape index (κ3) is 16.6. The van der Waals surface area contributed by atoms with E-state index in [1.165, 1.54) is 149 Å². The fourth-order valence-corrected chi connectivity index (χ4v) is 17.4. The van der Waals surface area contributed by atoms with E-state index in [1.54, 1.807) is 0 Å². The highest BCUT2D eigenvalue weighted by atomic mass is 35.5. The Balaban J connectivity index is 0.000000132. The van der Waals surface area contributed by atoms with Gasteiger partial charge in [0.2, 0.25) is 0 Å². The summed E-state index contributed by atoms with van der Waals surface area (Å²) >= 11 is 6.03. The maximum absolute atomic E-state index is 6.03. The topological polar surface area (TPSA) is 25.1 Å². The van der Waals surface area contributed by atoms with Crippen LogP contribution < -0.4 is 10.2 Å². The first-order valence-corrected chi connectivity index (χ1v) is 42.8. The molecule has 0 unspecified atom stereocenters. The minimum atomic E-state index is 0.752. The van der Waals surface area contributed by atoms with E-state index in [-0.39, 0.29) is 0 Å². The average Bonchev–Trinajstić information content (AvgIpc) is 1.61. The lowest BCUT2D eigenvalue weighted by Gasteiger charge is -2.26. The quantitative estimate of drug-likeness (QED) is 0.0919. The molecule has 21 aromatic rings. The Bertz CT molecular complexity index is 7360. The van der Waals surface area contributed by atoms with Crippen LogP contribution in [0.25, 0.3) is 161 Å². The van der Waals surface area contributed by atoms with Gasteiger partial charge in [0.05, 0.1) is 33.7 Å². The number of anilines is 5. The molecule has 0 atom stereocenters. The summed E-state index contributed by atoms with van der Waals surface area (Å²) in [5.74, 6) is 0. The maximum Gasteiger partial charge on any atom is 0.111 e. The lowest BCUT2D eigenvalue weighted by atomic mass is 9.90. The third-order valence-corrected chi connectivity index (χ3v) is 23.8. The number of nitrogens with zero attached hydrogens (tertiary/aromatic N) is 3. The van der Waals surface area contributed by atoms with Gasteiger partial charge in [-0.2, -0.15) is 0 Å². The van der Waals surface area contributed by atoms with Gasteiger partial charge in [0.25, 0.3) is 0 Å². The van der Waals surface area contributed by atoms with Gasteiger partial charge < -0.3 is 19.4 Å². The summed E-state index contributed by atoms with van der Waals surface area (Å²) in [6.45, 7) is 0. The van der Waals surface area contributed by atoms with E-state index in [1.807, 2.05) is 42.5 Å². The molecule has 1 aliphatic carbocycles. The van der Waals surface area contributed by atoms with E-state index in [4.69, 9.17) is 11.6 Å². The molecular formula is C120H84ClN4+. The van der Waals surface area contributed by atoms with Crippen molar-refractivity contribution < 1.29 is 0 Å². The molecule has 0 fully saturated rings. The Morgan fingerprint density at radius 3 is 0.872 bits per heavy atom. The van der Waals surface area contributed by atoms with E-state index in [9.17, 15) is 0 Å². The summed E-state index contributed by atoms with van der Waals surface area (Å²) in [4.78, 5) is 2.35. The Morgan fingerprint density at radius 2 is 0.504 bits per heavy atom. The number of nitrogens with one attached hydrogen (secondary N) is 1. The van der Waals surface area contributed by atoms with Crippen molar-refractivity contribution in [3.05, 3.63) is 520 Å². The number of hydrogen-bond acceptors (Lipinski definition) is 2. The first kappa shape index (κ1) is 77.4. The number of rotatable bonds is 17. The Labute approximate surface area is 735 Å². The Morgan fingerprint density at radius 1 is 0.224 bits per heavy atom. The molecule has 1 N–H and O–H groups in total. The average molecular weight is 1620 g/mol. The molecule has 0 aliphatic heterocycles. The number of hydrogen-bond donors (Lipinski definition) is 1. The standard InChI is InChI=1S/C60H42N2.C36H26N2.C24H16Cl/c1-4-15-43(16-5-1)44-27-34-51(35-28-44)61(53-38-31-46(32-39-53)50-33-40-55(47-17-6-2-7-18-47)58(42-50)48-19-8-3-9-20-48)52-36-29-45(30-37-52)49-21-14-22-54(41-49)62-59-25-12-10-23-56(59)57-24-11-13-26-60(57)62;1-2-9-26(10-3-1)27-17-21-30(22-18-27)37-31-23-19-28(20-24-31)29-11-8-12-32(25-29)38-35-15-6-4-13-33(35)34-14-5-7-16-36(34)38;25-22-14-11-18(12-15-22)21-13-16-23(19-7-3-1-4-8-19)24(17-21)20-9-5-2-6-10-20/h1-42H;1-25,37H;1-5,7-17H/q;;+1. The fraction of sp³-hybridized carbons (Fsp3) is 0. The summed E-state index contributed by atoms with van der Waals surface area (Å²) in [6.07, 6.45) is 11.3. The number of aromatic nitrogens is 2. The van der Waals surface area contributed by atoms with Crippen molar-refractivity contribution in [1.29, 1.82) is 0 Å². The van der Waals surface area contributed by atoms with Crippen molar-refractivity contribution in [2.24, 2.45) is 0 Å². The second-order valence-electron chi connectivity index (χ2n) is 31.2. The number of allylic oxidation sites excluding steroid dienone is 6. The van der Waals surface area contributed by atoms with Crippen molar-refractivity contribution in [2.75, 3.05) is 10.2 Å². The molecule has 590 valence electrons. The molecule has 22 rings (SSSR count). The van der Waals surface area contributed by atoms with E-state index in [0.29, 0.717) is 0 Å². The first-order chi connectivity index (χ1) is 61.9. The van der Waals surface area contributed by atoms with Crippen LogP contribution >= 0.6 is 11.6 Å². The van der Waals surface area contributed by atoms with E-state index in [2.05, 4.69) is 486 Å². The Kier molecular flexibility index (Phi) is 22.1. The number of halogens is 1. The summed E-state index contributed by atoms with van der Waals surface area (Å²) in [5, 5.41) is 9.37. The van der Waals surface area contributed by atoms with Gasteiger partial charge in [-0.25, -0.2) is 0 Å². The predicted octanol–water partition coefficient (Wildman–Crippen LogP) is 33.4. The lowest BCUT2D eigenvalue weighted by Crippen LogP contribution is -2.09. The van der Waals surface area contributed by atoms with Crippen LogP contribution in [-0.2, 0) is 0 Å². The second kappa shape index (κ2) is 35.6. The summed E-state index contributed by atoms with van der Waals surface area (Å²) in [7, 11) is 0. The summed E-state index contributed by atoms with van der Waals surface area (Å²) in [5.41, 5.74) is 36.5. The zero-order valence-electron chi connectivity index (χ0n) is 68.6. The van der Waals surface area contributed by atoms with Gasteiger partial charge in [0.1, 0.15) is 12.2 Å². The molecule has 0 saturated heterocycles. The van der Waals surface area contributed by atoms with Gasteiger partial charge in [-0.05, 0) is 228 Å². The zero-order valence-corrected chi connectivity index (χ0v) is 69.4. The van der Waals surface area contributed by atoms with Gasteiger partial charge in [-0.15, -0.1) is 0 Å².